The third-order valence-electron chi connectivity index (χ3n) is 18.7. The number of ether oxygens (including phenoxy) is 1. The van der Waals surface area contributed by atoms with E-state index in [1.807, 2.05) is 0 Å². The van der Waals surface area contributed by atoms with E-state index in [9.17, 15) is 86.6 Å². The number of ketones is 2. The third-order valence-corrected chi connectivity index (χ3v) is 18.7. The number of carbonyl (C=O) groups excluding carboxylic acids is 3. The van der Waals surface area contributed by atoms with Gasteiger partial charge in [0, 0.05) is 84.5 Å². The second kappa shape index (κ2) is 40.9. The number of alkyl halides is 12. The molecule has 0 aliphatic heterocycles. The van der Waals surface area contributed by atoms with Crippen molar-refractivity contribution in [2.24, 2.45) is 11.8 Å². The number of pyridine rings is 2. The van der Waals surface area contributed by atoms with Crippen LogP contribution in [0, 0.1) is 76.6 Å². The summed E-state index contributed by atoms with van der Waals surface area (Å²) < 4.78 is 242. The second-order valence-electron chi connectivity index (χ2n) is 27.3. The van der Waals surface area contributed by atoms with Gasteiger partial charge in [0.05, 0.1) is 53.8 Å². The summed E-state index contributed by atoms with van der Waals surface area (Å²) in [7, 11) is 3.37. The SMILES string of the molecule is CCN(C)CCc1cn(C(CC(C)C)C(=O)C[C@@H](CC(=O)O)c2c(F)c(-c3c(C)ccc(C)c3C)cc(C(F)(F)F)c2F)c(=O)cc1C(F)(F)F.CCOC(=O)C[C@H](CC(=O)C(CC(C)C)n1cc(CCN(C)CC)c(C(F)(F)F)cc1=O)c1c(F)c(-c2c(C)ccc(C)c2C)cc(C(F)(F)F)c1F.S.S.[Li+].[OH-]. The van der Waals surface area contributed by atoms with Crippen LogP contribution in [-0.2, 0) is 61.5 Å². The van der Waals surface area contributed by atoms with Gasteiger partial charge < -0.3 is 34.3 Å². The molecule has 108 heavy (non-hydrogen) atoms. The fourth-order valence-electron chi connectivity index (χ4n) is 12.7. The van der Waals surface area contributed by atoms with Crippen LogP contribution in [0.5, 0.6) is 0 Å². The molecule has 6 aromatic rings. The van der Waals surface area contributed by atoms with E-state index in [-0.39, 0.29) is 131 Å². The van der Waals surface area contributed by atoms with E-state index in [0.29, 0.717) is 70.7 Å². The van der Waals surface area contributed by atoms with Crippen molar-refractivity contribution in [3.05, 3.63) is 183 Å². The number of Topliss-reactive ketones (excluding diaryl/α,β-unsaturated/α-hetero) is 2. The number of benzene rings is 4. The van der Waals surface area contributed by atoms with Gasteiger partial charge in [0.25, 0.3) is 11.1 Å². The van der Waals surface area contributed by atoms with Crippen molar-refractivity contribution in [1.29, 1.82) is 0 Å². The molecule has 13 nitrogen and oxygen atoms in total. The van der Waals surface area contributed by atoms with Crippen molar-refractivity contribution in [3.63, 3.8) is 0 Å². The minimum Gasteiger partial charge on any atom is -0.870 e. The Morgan fingerprint density at radius 3 is 1.09 bits per heavy atom. The number of halogens is 16. The van der Waals surface area contributed by atoms with E-state index in [1.165, 1.54) is 13.8 Å². The number of hydrogen-bond donors (Lipinski definition) is 1. The van der Waals surface area contributed by atoms with Crippen molar-refractivity contribution in [2.45, 2.75) is 190 Å². The van der Waals surface area contributed by atoms with Gasteiger partial charge >= 0.3 is 55.5 Å². The topological polar surface area (TPSA) is 178 Å². The Labute approximate surface area is 643 Å². The molecule has 0 saturated carbocycles. The van der Waals surface area contributed by atoms with Gasteiger partial charge in [0.15, 0.2) is 11.6 Å². The molecule has 0 fully saturated rings. The normalized spacial score (nSPS) is 13.0. The average molecular weight is 1580 g/mol. The molecule has 2 N–H and O–H groups in total. The molecule has 6 rings (SSSR count). The Morgan fingerprint density at radius 1 is 0.491 bits per heavy atom. The molecule has 0 aliphatic rings. The van der Waals surface area contributed by atoms with Crippen molar-refractivity contribution in [1.82, 2.24) is 18.9 Å². The van der Waals surface area contributed by atoms with Crippen LogP contribution in [0.4, 0.5) is 70.2 Å². The summed E-state index contributed by atoms with van der Waals surface area (Å²) in [6.07, 6.45) is -23.3. The third kappa shape index (κ3) is 24.8. The Bertz CT molecular complexity index is 4250. The van der Waals surface area contributed by atoms with Gasteiger partial charge in [-0.25, -0.2) is 17.6 Å². The molecule has 32 heteroatoms. The molecule has 4 aromatic carbocycles. The van der Waals surface area contributed by atoms with Gasteiger partial charge in [-0.3, -0.25) is 28.8 Å². The van der Waals surface area contributed by atoms with Crippen LogP contribution in [0.2, 0.25) is 0 Å². The first kappa shape index (κ1) is 99.1. The number of rotatable bonds is 29. The van der Waals surface area contributed by atoms with Gasteiger partial charge in [0.2, 0.25) is 0 Å². The van der Waals surface area contributed by atoms with Gasteiger partial charge in [-0.1, -0.05) is 65.8 Å². The van der Waals surface area contributed by atoms with E-state index in [2.05, 4.69) is 0 Å². The summed E-state index contributed by atoms with van der Waals surface area (Å²) in [5, 5.41) is 9.75. The number of likely N-dealkylation sites (N-methyl/N-ethyl adjacent to an activating group) is 2. The number of carboxylic acid groups (broad SMARTS) is 1. The molecule has 2 aromatic heterocycles. The van der Waals surface area contributed by atoms with Crippen molar-refractivity contribution in [2.75, 3.05) is 46.9 Å². The summed E-state index contributed by atoms with van der Waals surface area (Å²) in [6.45, 7) is 22.3. The molecule has 0 radical (unpaired) electrons. The molecule has 0 aliphatic carbocycles. The van der Waals surface area contributed by atoms with E-state index in [1.54, 1.807) is 124 Å². The standard InChI is InChI=1S/C39H46F8N2O4.C37H42F8N2O4.Li.H2O.2H2S/c1-9-48(8)14-13-25-20-49(32(51)19-28(25)38(42,43)44)30(15-21(3)4)31(50)16-26(17-33(52)53-10-2)35-36(40)27(18-29(37(35)41)39(45,46)47)34-23(6)12-11-22(5)24(34)7;1-8-46(7)12-11-23-18-47(30(49)17-26(23)36(40,41)42)28(13-19(2)3)29(48)14-24(15-31(50)51)33-34(38)25(16-27(35(33)39)37(43,44)45)32-21(5)10-9-20(4)22(32)6;;;;/h11-12,18-21,26,30H,9-10,13-17H2,1-8H3;9-10,16-19,24,28H,8,11-15H2,1-7H3,(H,50,51);;3*1H2/q;;+1;;;/p-1/t26-,30?;24-,28?;;;;/m00..../s1. The van der Waals surface area contributed by atoms with Crippen LogP contribution < -0.4 is 30.0 Å². The van der Waals surface area contributed by atoms with Crippen LogP contribution in [0.15, 0.2) is 70.5 Å². The first-order valence-corrected chi connectivity index (χ1v) is 33.8. The van der Waals surface area contributed by atoms with Crippen molar-refractivity contribution >= 4 is 50.5 Å². The van der Waals surface area contributed by atoms with Crippen LogP contribution in [-0.4, -0.2) is 99.9 Å². The van der Waals surface area contributed by atoms with Crippen molar-refractivity contribution < 1.29 is 124 Å². The number of esters is 1. The quantitative estimate of drug-likeness (QED) is 0.0268. The molecule has 0 spiro atoms. The maximum absolute atomic E-state index is 16.8. The van der Waals surface area contributed by atoms with Gasteiger partial charge in [-0.15, -0.1) is 0 Å². The molecule has 0 saturated heterocycles. The zero-order valence-electron chi connectivity index (χ0n) is 63.0. The fourth-order valence-corrected chi connectivity index (χ4v) is 12.7. The molecule has 596 valence electrons. The minimum absolute atomic E-state index is 0. The van der Waals surface area contributed by atoms with E-state index >= 15 is 17.6 Å². The number of aliphatic carboxylic acids is 1. The summed E-state index contributed by atoms with van der Waals surface area (Å²) >= 11 is 0. The number of carboxylic acids is 1. The Hall–Kier alpha value is -6.88. The molecular weight excluding hydrogens is 1490 g/mol. The van der Waals surface area contributed by atoms with E-state index in [0.717, 1.165) is 21.5 Å². The molecule has 2 heterocycles. The Kier molecular flexibility index (Phi) is 37.5. The van der Waals surface area contributed by atoms with Crippen LogP contribution in [0.3, 0.4) is 0 Å². The number of nitrogens with zero attached hydrogens (tertiary/aromatic N) is 4. The summed E-state index contributed by atoms with van der Waals surface area (Å²) in [5.74, 6) is -16.2. The zero-order valence-corrected chi connectivity index (χ0v) is 65.0. The van der Waals surface area contributed by atoms with E-state index < -0.39 is 177 Å². The number of aryl methyl sites for hydroxylation is 4. The first-order chi connectivity index (χ1) is 48.0. The predicted molar refractivity (Wildman–Crippen MR) is 385 cm³/mol. The van der Waals surface area contributed by atoms with Gasteiger partial charge in [-0.2, -0.15) is 79.7 Å². The van der Waals surface area contributed by atoms with Gasteiger partial charge in [-0.05, 0) is 181 Å². The summed E-state index contributed by atoms with van der Waals surface area (Å²) in [5.41, 5.74) is -9.78. The molecule has 0 bridgehead atoms. The number of aromatic nitrogens is 2. The molecule has 2 unspecified atom stereocenters. The number of hydrogen-bond acceptors (Lipinski definition) is 10. The van der Waals surface area contributed by atoms with Crippen LogP contribution in [0.1, 0.15) is 189 Å². The van der Waals surface area contributed by atoms with Crippen molar-refractivity contribution in [3.8, 4) is 22.3 Å². The summed E-state index contributed by atoms with van der Waals surface area (Å²) in [4.78, 5) is 83.2. The molecule has 0 amide bonds. The maximum Gasteiger partial charge on any atom is 1.00 e. The van der Waals surface area contributed by atoms with Gasteiger partial charge in [0.1, 0.15) is 23.3 Å². The first-order valence-electron chi connectivity index (χ1n) is 33.8. The average Bonchev–Trinajstić information content (AvgIpc) is 0.752. The van der Waals surface area contributed by atoms with Crippen LogP contribution >= 0.6 is 27.0 Å². The summed E-state index contributed by atoms with van der Waals surface area (Å²) in [6, 6.07) is 4.89. The Balaban J connectivity index is 0.00000104. The molecular formula is C76H93F16LiN4O9S2. The monoisotopic (exact) mass is 1580 g/mol. The Morgan fingerprint density at radius 2 is 0.806 bits per heavy atom. The zero-order chi connectivity index (χ0) is 78.9. The fraction of sp³-hybridized carbons (Fsp3) is 0.500. The molecule has 4 atom stereocenters. The maximum atomic E-state index is 16.8. The largest absolute Gasteiger partial charge is 1.00 e. The number of carbonyl (C=O) groups is 4. The minimum atomic E-state index is -5.35. The smallest absolute Gasteiger partial charge is 0.870 e. The predicted octanol–water partition coefficient (Wildman–Crippen LogP) is 15.6. The van der Waals surface area contributed by atoms with Crippen LogP contribution in [0.25, 0.3) is 22.3 Å². The second-order valence-corrected chi connectivity index (χ2v) is 27.3. The van der Waals surface area contributed by atoms with E-state index in [4.69, 9.17) is 4.74 Å².